The van der Waals surface area contributed by atoms with E-state index in [9.17, 15) is 0 Å². The lowest BCUT2D eigenvalue weighted by Gasteiger charge is -2.47. The topological polar surface area (TPSA) is 23.8 Å². The molecule has 0 saturated carbocycles. The molecule has 1 aromatic heterocycles. The van der Waals surface area contributed by atoms with Gasteiger partial charge in [0, 0.05) is 36.9 Å². The van der Waals surface area contributed by atoms with Gasteiger partial charge in [-0.2, -0.15) is 0 Å². The molecule has 0 aliphatic carbocycles. The number of aliphatic imine (C=N–C) groups is 1. The predicted octanol–water partition coefficient (Wildman–Crippen LogP) is 3.34. The average molecular weight is 286 g/mol. The number of fused-ring (bicyclic) bond motifs is 3. The summed E-state index contributed by atoms with van der Waals surface area (Å²) in [5.74, 6) is 1.20. The van der Waals surface area contributed by atoms with Crippen molar-refractivity contribution < 1.29 is 0 Å². The molecule has 3 unspecified atom stereocenters. The third-order valence-corrected chi connectivity index (χ3v) is 6.05. The van der Waals surface area contributed by atoms with E-state index in [-0.39, 0.29) is 0 Å². The van der Waals surface area contributed by atoms with Crippen LogP contribution < -0.4 is 0 Å². The van der Waals surface area contributed by atoms with Crippen molar-refractivity contribution in [2.75, 3.05) is 14.1 Å². The lowest BCUT2D eigenvalue weighted by atomic mass is 9.82. The molecular formula is C17H26N4. The molecule has 0 spiro atoms. The largest absolute Gasteiger partial charge is 0.359 e. The van der Waals surface area contributed by atoms with Crippen molar-refractivity contribution >= 4 is 12.2 Å². The summed E-state index contributed by atoms with van der Waals surface area (Å²) in [6.07, 6.45) is 11.0. The van der Waals surface area contributed by atoms with Crippen LogP contribution in [0.15, 0.2) is 17.3 Å². The van der Waals surface area contributed by atoms with E-state index in [1.165, 1.54) is 43.5 Å². The van der Waals surface area contributed by atoms with Crippen LogP contribution in [0.5, 0.6) is 0 Å². The van der Waals surface area contributed by atoms with Crippen LogP contribution in [0.3, 0.4) is 0 Å². The van der Waals surface area contributed by atoms with Crippen molar-refractivity contribution in [3.63, 3.8) is 0 Å². The summed E-state index contributed by atoms with van der Waals surface area (Å²) >= 11 is 0. The van der Waals surface area contributed by atoms with Crippen LogP contribution >= 0.6 is 0 Å². The molecule has 0 radical (unpaired) electrons. The smallest absolute Gasteiger partial charge is 0.139 e. The highest BCUT2D eigenvalue weighted by molar-refractivity contribution is 5.66. The monoisotopic (exact) mass is 286 g/mol. The molecular weight excluding hydrogens is 260 g/mol. The van der Waals surface area contributed by atoms with Gasteiger partial charge in [-0.25, -0.2) is 4.99 Å². The first kappa shape index (κ1) is 13.4. The summed E-state index contributed by atoms with van der Waals surface area (Å²) in [5.41, 5.74) is 1.38. The molecule has 3 atom stereocenters. The quantitative estimate of drug-likeness (QED) is 0.790. The van der Waals surface area contributed by atoms with Gasteiger partial charge in [-0.3, -0.25) is 0 Å². The lowest BCUT2D eigenvalue weighted by Crippen LogP contribution is -2.49. The van der Waals surface area contributed by atoms with Gasteiger partial charge in [0.2, 0.25) is 0 Å². The normalized spacial score (nSPS) is 35.9. The highest BCUT2D eigenvalue weighted by Gasteiger charge is 2.37. The van der Waals surface area contributed by atoms with E-state index in [1.807, 2.05) is 6.34 Å². The van der Waals surface area contributed by atoms with E-state index in [1.54, 1.807) is 0 Å². The minimum absolute atomic E-state index is 0.435. The van der Waals surface area contributed by atoms with Crippen LogP contribution in [-0.4, -0.2) is 46.9 Å². The first-order valence-electron chi connectivity index (χ1n) is 8.34. The molecule has 114 valence electrons. The van der Waals surface area contributed by atoms with Crippen LogP contribution in [0.4, 0.5) is 5.82 Å². The summed E-state index contributed by atoms with van der Waals surface area (Å²) < 4.78 is 2.47. The second-order valence-electron chi connectivity index (χ2n) is 7.12. The SMILES string of the molecule is CC1c2ccn(C3CC4CCCC(C3)N4C)c2N=CN1C. The number of hydrogen-bond donors (Lipinski definition) is 0. The second-order valence-corrected chi connectivity index (χ2v) is 7.12. The average Bonchev–Trinajstić information content (AvgIpc) is 2.87. The maximum atomic E-state index is 4.72. The Morgan fingerprint density at radius 1 is 1.10 bits per heavy atom. The molecule has 0 N–H and O–H groups in total. The van der Waals surface area contributed by atoms with E-state index in [0.717, 1.165) is 12.1 Å². The van der Waals surface area contributed by atoms with Gasteiger partial charge in [0.05, 0.1) is 12.4 Å². The minimum atomic E-state index is 0.435. The second kappa shape index (κ2) is 4.87. The zero-order valence-electron chi connectivity index (χ0n) is 13.4. The third kappa shape index (κ3) is 2.03. The lowest BCUT2D eigenvalue weighted by molar-refractivity contribution is 0.0404. The fraction of sp³-hybridized carbons (Fsp3) is 0.706. The highest BCUT2D eigenvalue weighted by atomic mass is 15.2. The Morgan fingerprint density at radius 3 is 2.52 bits per heavy atom. The number of aromatic nitrogens is 1. The standard InChI is InChI=1S/C17H26N4/c1-12-16-7-8-21(17(16)18-11-19(12)2)15-9-13-5-4-6-14(10-15)20(13)3/h7-8,11-15H,4-6,9-10H2,1-3H3. The van der Waals surface area contributed by atoms with Crippen molar-refractivity contribution in [1.82, 2.24) is 14.4 Å². The molecule has 2 fully saturated rings. The van der Waals surface area contributed by atoms with Crippen LogP contribution in [0.1, 0.15) is 56.7 Å². The maximum absolute atomic E-state index is 4.72. The van der Waals surface area contributed by atoms with Crippen molar-refractivity contribution in [3.8, 4) is 0 Å². The van der Waals surface area contributed by atoms with E-state index in [0.29, 0.717) is 12.1 Å². The first-order chi connectivity index (χ1) is 10.1. The minimum Gasteiger partial charge on any atom is -0.359 e. The highest BCUT2D eigenvalue weighted by Crippen LogP contribution is 2.42. The van der Waals surface area contributed by atoms with Gasteiger partial charge in [-0.1, -0.05) is 6.42 Å². The van der Waals surface area contributed by atoms with Crippen LogP contribution in [0.2, 0.25) is 0 Å². The Hall–Kier alpha value is -1.29. The van der Waals surface area contributed by atoms with Crippen LogP contribution in [0, 0.1) is 0 Å². The predicted molar refractivity (Wildman–Crippen MR) is 86.2 cm³/mol. The van der Waals surface area contributed by atoms with Gasteiger partial charge in [0.1, 0.15) is 5.82 Å². The van der Waals surface area contributed by atoms with Gasteiger partial charge in [0.25, 0.3) is 0 Å². The Morgan fingerprint density at radius 2 is 1.81 bits per heavy atom. The Bertz CT molecular complexity index is 547. The van der Waals surface area contributed by atoms with Gasteiger partial charge in [-0.15, -0.1) is 0 Å². The van der Waals surface area contributed by atoms with E-state index in [2.05, 4.69) is 47.6 Å². The molecule has 0 aromatic carbocycles. The third-order valence-electron chi connectivity index (χ3n) is 6.05. The van der Waals surface area contributed by atoms with Gasteiger partial charge < -0.3 is 14.4 Å². The Balaban J connectivity index is 1.64. The summed E-state index contributed by atoms with van der Waals surface area (Å²) in [6, 6.07) is 4.89. The van der Waals surface area contributed by atoms with Gasteiger partial charge in [-0.05, 0) is 45.7 Å². The molecule has 0 amide bonds. The summed E-state index contributed by atoms with van der Waals surface area (Å²) in [5, 5.41) is 0. The molecule has 4 heterocycles. The molecule has 3 aliphatic rings. The maximum Gasteiger partial charge on any atom is 0.139 e. The molecule has 2 bridgehead atoms. The van der Waals surface area contributed by atoms with Crippen LogP contribution in [-0.2, 0) is 0 Å². The summed E-state index contributed by atoms with van der Waals surface area (Å²) in [6.45, 7) is 2.26. The summed E-state index contributed by atoms with van der Waals surface area (Å²) in [4.78, 5) is 9.55. The molecule has 2 saturated heterocycles. The molecule has 4 nitrogen and oxygen atoms in total. The van der Waals surface area contributed by atoms with Gasteiger partial charge in [0.15, 0.2) is 0 Å². The Labute approximate surface area is 127 Å². The number of rotatable bonds is 1. The van der Waals surface area contributed by atoms with Crippen molar-refractivity contribution in [2.24, 2.45) is 4.99 Å². The molecule has 3 aliphatic heterocycles. The van der Waals surface area contributed by atoms with Crippen molar-refractivity contribution in [1.29, 1.82) is 0 Å². The van der Waals surface area contributed by atoms with Gasteiger partial charge >= 0.3 is 0 Å². The first-order valence-corrected chi connectivity index (χ1v) is 8.34. The zero-order chi connectivity index (χ0) is 14.6. The van der Waals surface area contributed by atoms with Crippen molar-refractivity contribution in [3.05, 3.63) is 17.8 Å². The van der Waals surface area contributed by atoms with E-state index in [4.69, 9.17) is 4.99 Å². The van der Waals surface area contributed by atoms with E-state index < -0.39 is 0 Å². The number of hydrogen-bond acceptors (Lipinski definition) is 3. The molecule has 1 aromatic rings. The fourth-order valence-corrected chi connectivity index (χ4v) is 4.50. The van der Waals surface area contributed by atoms with E-state index >= 15 is 0 Å². The van der Waals surface area contributed by atoms with Crippen molar-refractivity contribution in [2.45, 2.75) is 63.2 Å². The summed E-state index contributed by atoms with van der Waals surface area (Å²) in [7, 11) is 4.43. The fourth-order valence-electron chi connectivity index (χ4n) is 4.50. The van der Waals surface area contributed by atoms with Crippen LogP contribution in [0.25, 0.3) is 0 Å². The molecule has 21 heavy (non-hydrogen) atoms. The molecule has 4 heteroatoms. The Kier molecular flexibility index (Phi) is 3.10. The number of piperidine rings is 2. The zero-order valence-corrected chi connectivity index (χ0v) is 13.4. The molecule has 4 rings (SSSR count). The number of nitrogens with zero attached hydrogens (tertiary/aromatic N) is 4.